The number of hydrogen-bond acceptors (Lipinski definition) is 2. The van der Waals surface area contributed by atoms with Crippen molar-refractivity contribution in [3.05, 3.63) is 0 Å². The summed E-state index contributed by atoms with van der Waals surface area (Å²) in [7, 11) is 0. The van der Waals surface area contributed by atoms with Gasteiger partial charge < -0.3 is 9.59 Å². The largest absolute Gasteiger partial charge is 0.303 e. The fourth-order valence-electron chi connectivity index (χ4n) is 2.07. The van der Waals surface area contributed by atoms with Crippen LogP contribution in [0.25, 0.3) is 0 Å². The van der Waals surface area contributed by atoms with E-state index in [-0.39, 0.29) is 11.8 Å². The summed E-state index contributed by atoms with van der Waals surface area (Å²) in [6.07, 6.45) is 6.25. The zero-order valence-corrected chi connectivity index (χ0v) is 7.53. The van der Waals surface area contributed by atoms with Gasteiger partial charge in [0.15, 0.2) is 0 Å². The van der Waals surface area contributed by atoms with Gasteiger partial charge >= 0.3 is 0 Å². The Bertz CT molecular complexity index is 165. The minimum absolute atomic E-state index is 0.121. The van der Waals surface area contributed by atoms with Crippen molar-refractivity contribution in [2.45, 2.75) is 32.6 Å². The highest BCUT2D eigenvalue weighted by Gasteiger charge is 2.27. The van der Waals surface area contributed by atoms with E-state index in [4.69, 9.17) is 0 Å². The number of rotatable bonds is 4. The molecule has 0 N–H and O–H groups in total. The first kappa shape index (κ1) is 9.43. The summed E-state index contributed by atoms with van der Waals surface area (Å²) in [6, 6.07) is 0. The maximum absolute atomic E-state index is 10.6. The van der Waals surface area contributed by atoms with Crippen molar-refractivity contribution in [2.24, 2.45) is 17.8 Å². The third-order valence-electron chi connectivity index (χ3n) is 2.80. The number of carbonyl (C=O) groups is 2. The van der Waals surface area contributed by atoms with Crippen LogP contribution in [0.1, 0.15) is 32.6 Å². The molecule has 1 fully saturated rings. The second-order valence-electron chi connectivity index (χ2n) is 3.84. The molecule has 0 amide bonds. The van der Waals surface area contributed by atoms with Crippen LogP contribution in [0.5, 0.6) is 0 Å². The summed E-state index contributed by atoms with van der Waals surface area (Å²) in [4.78, 5) is 21.0. The average molecular weight is 168 g/mol. The Hall–Kier alpha value is -0.660. The predicted octanol–water partition coefficient (Wildman–Crippen LogP) is 1.83. The molecular formula is C10H16O2. The molecule has 3 atom stereocenters. The van der Waals surface area contributed by atoms with E-state index in [1.165, 1.54) is 0 Å². The van der Waals surface area contributed by atoms with Gasteiger partial charge in [0.2, 0.25) is 0 Å². The highest BCUT2D eigenvalue weighted by Crippen LogP contribution is 2.34. The van der Waals surface area contributed by atoms with Gasteiger partial charge in [-0.05, 0) is 25.2 Å². The molecule has 0 aliphatic heterocycles. The lowest BCUT2D eigenvalue weighted by molar-refractivity contribution is -0.114. The first-order valence-corrected chi connectivity index (χ1v) is 4.68. The van der Waals surface area contributed by atoms with Crippen LogP contribution in [0.3, 0.4) is 0 Å². The number of aldehydes is 2. The zero-order valence-electron chi connectivity index (χ0n) is 7.53. The Morgan fingerprint density at radius 2 is 2.17 bits per heavy atom. The highest BCUT2D eigenvalue weighted by atomic mass is 16.1. The van der Waals surface area contributed by atoms with Crippen LogP contribution in [0, 0.1) is 17.8 Å². The Balaban J connectivity index is 2.39. The minimum atomic E-state index is 0.121. The molecule has 0 radical (unpaired) electrons. The topological polar surface area (TPSA) is 34.1 Å². The van der Waals surface area contributed by atoms with Crippen molar-refractivity contribution < 1.29 is 9.59 Å². The second kappa shape index (κ2) is 4.39. The molecule has 2 heteroatoms. The summed E-state index contributed by atoms with van der Waals surface area (Å²) in [6.45, 7) is 1.92. The summed E-state index contributed by atoms with van der Waals surface area (Å²) in [5.41, 5.74) is 0. The SMILES string of the molecule is CC(C=O)CC1CCCC1C=O. The fourth-order valence-corrected chi connectivity index (χ4v) is 2.07. The van der Waals surface area contributed by atoms with Crippen LogP contribution in [0.15, 0.2) is 0 Å². The quantitative estimate of drug-likeness (QED) is 0.600. The third-order valence-corrected chi connectivity index (χ3v) is 2.80. The first-order chi connectivity index (χ1) is 5.77. The van der Waals surface area contributed by atoms with E-state index in [1.54, 1.807) is 0 Å². The summed E-state index contributed by atoms with van der Waals surface area (Å²) in [5, 5.41) is 0. The molecule has 0 aromatic heterocycles. The molecule has 1 aliphatic carbocycles. The van der Waals surface area contributed by atoms with Gasteiger partial charge in [0, 0.05) is 11.8 Å². The molecule has 0 saturated heterocycles. The maximum atomic E-state index is 10.6. The average Bonchev–Trinajstić information content (AvgIpc) is 2.51. The van der Waals surface area contributed by atoms with E-state index in [0.717, 1.165) is 38.3 Å². The van der Waals surface area contributed by atoms with Gasteiger partial charge in [-0.2, -0.15) is 0 Å². The van der Waals surface area contributed by atoms with Crippen LogP contribution in [0.4, 0.5) is 0 Å². The molecule has 0 heterocycles. The van der Waals surface area contributed by atoms with Crippen molar-refractivity contribution >= 4 is 12.6 Å². The molecule has 68 valence electrons. The molecule has 0 spiro atoms. The predicted molar refractivity (Wildman–Crippen MR) is 46.7 cm³/mol. The molecule has 0 aromatic carbocycles. The Morgan fingerprint density at radius 1 is 1.42 bits per heavy atom. The van der Waals surface area contributed by atoms with E-state index >= 15 is 0 Å². The third kappa shape index (κ3) is 2.16. The van der Waals surface area contributed by atoms with Crippen LogP contribution in [-0.4, -0.2) is 12.6 Å². The molecule has 1 aliphatic rings. The highest BCUT2D eigenvalue weighted by molar-refractivity contribution is 5.56. The van der Waals surface area contributed by atoms with E-state index < -0.39 is 0 Å². The van der Waals surface area contributed by atoms with Crippen molar-refractivity contribution in [3.8, 4) is 0 Å². The molecule has 2 nitrogen and oxygen atoms in total. The van der Waals surface area contributed by atoms with E-state index in [2.05, 4.69) is 0 Å². The Kier molecular flexibility index (Phi) is 3.45. The van der Waals surface area contributed by atoms with Gasteiger partial charge in [0.25, 0.3) is 0 Å². The van der Waals surface area contributed by atoms with Gasteiger partial charge in [-0.25, -0.2) is 0 Å². The summed E-state index contributed by atoms with van der Waals surface area (Å²) in [5.74, 6) is 0.825. The lowest BCUT2D eigenvalue weighted by Crippen LogP contribution is -2.13. The summed E-state index contributed by atoms with van der Waals surface area (Å²) < 4.78 is 0. The van der Waals surface area contributed by atoms with Crippen molar-refractivity contribution in [3.63, 3.8) is 0 Å². The van der Waals surface area contributed by atoms with Gasteiger partial charge in [-0.15, -0.1) is 0 Å². The Labute approximate surface area is 73.3 Å². The molecular weight excluding hydrogens is 152 g/mol. The van der Waals surface area contributed by atoms with Crippen LogP contribution >= 0.6 is 0 Å². The van der Waals surface area contributed by atoms with Crippen molar-refractivity contribution in [1.82, 2.24) is 0 Å². The molecule has 12 heavy (non-hydrogen) atoms. The summed E-state index contributed by atoms with van der Waals surface area (Å²) >= 11 is 0. The molecule has 1 saturated carbocycles. The van der Waals surface area contributed by atoms with Gasteiger partial charge in [-0.1, -0.05) is 13.3 Å². The van der Waals surface area contributed by atoms with Gasteiger partial charge in [0.05, 0.1) is 0 Å². The van der Waals surface area contributed by atoms with Gasteiger partial charge in [-0.3, -0.25) is 0 Å². The fraction of sp³-hybridized carbons (Fsp3) is 0.800. The number of hydrogen-bond donors (Lipinski definition) is 0. The first-order valence-electron chi connectivity index (χ1n) is 4.68. The lowest BCUT2D eigenvalue weighted by atomic mass is 9.89. The monoisotopic (exact) mass is 168 g/mol. The van der Waals surface area contributed by atoms with Gasteiger partial charge in [0.1, 0.15) is 12.6 Å². The number of carbonyl (C=O) groups excluding carboxylic acids is 2. The van der Waals surface area contributed by atoms with Crippen LogP contribution in [-0.2, 0) is 9.59 Å². The normalized spacial score (nSPS) is 31.4. The van der Waals surface area contributed by atoms with Crippen molar-refractivity contribution in [1.29, 1.82) is 0 Å². The maximum Gasteiger partial charge on any atom is 0.123 e. The standard InChI is InChI=1S/C10H16O2/c1-8(6-11)5-9-3-2-4-10(9)7-12/h6-10H,2-5H2,1H3. The lowest BCUT2D eigenvalue weighted by Gasteiger charge is -2.15. The van der Waals surface area contributed by atoms with Crippen LogP contribution < -0.4 is 0 Å². The van der Waals surface area contributed by atoms with E-state index in [0.29, 0.717) is 5.92 Å². The van der Waals surface area contributed by atoms with Crippen molar-refractivity contribution in [2.75, 3.05) is 0 Å². The molecule has 0 bridgehead atoms. The molecule has 3 unspecified atom stereocenters. The smallest absolute Gasteiger partial charge is 0.123 e. The zero-order chi connectivity index (χ0) is 8.97. The van der Waals surface area contributed by atoms with E-state index in [1.807, 2.05) is 6.92 Å². The van der Waals surface area contributed by atoms with Crippen LogP contribution in [0.2, 0.25) is 0 Å². The van der Waals surface area contributed by atoms with E-state index in [9.17, 15) is 9.59 Å². The second-order valence-corrected chi connectivity index (χ2v) is 3.84. The minimum Gasteiger partial charge on any atom is -0.303 e. The molecule has 0 aromatic rings. The Morgan fingerprint density at radius 3 is 2.75 bits per heavy atom. The molecule has 1 rings (SSSR count).